The summed E-state index contributed by atoms with van der Waals surface area (Å²) in [6.45, 7) is 13.0. The van der Waals surface area contributed by atoms with Crippen LogP contribution < -0.4 is 0 Å². The summed E-state index contributed by atoms with van der Waals surface area (Å²) in [7, 11) is -1.44. The predicted octanol–water partition coefficient (Wildman–Crippen LogP) is 6.85. The van der Waals surface area contributed by atoms with Gasteiger partial charge in [-0.05, 0) is 52.1 Å². The molecule has 0 saturated carbocycles. The summed E-state index contributed by atoms with van der Waals surface area (Å²) >= 11 is 5.92. The molecule has 0 saturated heterocycles. The Balaban J connectivity index is 2.51. The van der Waals surface area contributed by atoms with E-state index < -0.39 is 11.0 Å². The van der Waals surface area contributed by atoms with E-state index in [4.69, 9.17) is 11.6 Å². The molecule has 0 spiro atoms. The van der Waals surface area contributed by atoms with Gasteiger partial charge in [-0.25, -0.2) is 4.21 Å². The summed E-state index contributed by atoms with van der Waals surface area (Å²) in [6, 6.07) is 11.8. The monoisotopic (exact) mass is 389 g/mol. The molecule has 0 N–H and O–H groups in total. The van der Waals surface area contributed by atoms with Gasteiger partial charge in [0, 0.05) is 11.2 Å². The highest BCUT2D eigenvalue weighted by Crippen LogP contribution is 2.34. The highest BCUT2D eigenvalue weighted by Gasteiger charge is 2.21. The zero-order chi connectivity index (χ0) is 19.4. The average molecular weight is 390 g/mol. The SMILES string of the molecule is CC(C)c1cc(C(C)C)c([S@@](=O)/N=C/c2ccc(Cl)cc2)c(C(C)C)c1. The maximum absolute atomic E-state index is 13.1. The van der Waals surface area contributed by atoms with Crippen LogP contribution in [0.3, 0.4) is 0 Å². The first kappa shape index (κ1) is 20.9. The van der Waals surface area contributed by atoms with Crippen LogP contribution >= 0.6 is 11.6 Å². The molecule has 1 atom stereocenters. The largest absolute Gasteiger partial charge is 0.229 e. The molecule has 0 bridgehead atoms. The lowest BCUT2D eigenvalue weighted by Gasteiger charge is -2.21. The Bertz CT molecular complexity index is 778. The van der Waals surface area contributed by atoms with E-state index in [1.54, 1.807) is 6.21 Å². The molecule has 0 heterocycles. The molecule has 0 aliphatic carbocycles. The average Bonchev–Trinajstić information content (AvgIpc) is 2.59. The van der Waals surface area contributed by atoms with Crippen LogP contribution in [0.15, 0.2) is 45.7 Å². The Morgan fingerprint density at radius 1 is 0.885 bits per heavy atom. The molecule has 0 aliphatic heterocycles. The van der Waals surface area contributed by atoms with Crippen LogP contribution in [0.2, 0.25) is 5.02 Å². The number of halogens is 1. The summed E-state index contributed by atoms with van der Waals surface area (Å²) in [6.07, 6.45) is 1.66. The molecule has 140 valence electrons. The van der Waals surface area contributed by atoms with E-state index in [0.29, 0.717) is 10.9 Å². The Hall–Kier alpha value is -1.45. The predicted molar refractivity (Wildman–Crippen MR) is 114 cm³/mol. The van der Waals surface area contributed by atoms with Gasteiger partial charge < -0.3 is 0 Å². The van der Waals surface area contributed by atoms with Crippen molar-refractivity contribution < 1.29 is 4.21 Å². The first-order valence-electron chi connectivity index (χ1n) is 9.10. The van der Waals surface area contributed by atoms with Gasteiger partial charge in [-0.15, -0.1) is 0 Å². The van der Waals surface area contributed by atoms with Crippen molar-refractivity contribution in [3.63, 3.8) is 0 Å². The molecule has 2 aromatic carbocycles. The fourth-order valence-corrected chi connectivity index (χ4v) is 4.24. The molecule has 2 aromatic rings. The Kier molecular flexibility index (Phi) is 7.19. The molecule has 2 nitrogen and oxygen atoms in total. The van der Waals surface area contributed by atoms with E-state index in [1.807, 2.05) is 24.3 Å². The van der Waals surface area contributed by atoms with Gasteiger partial charge in [0.2, 0.25) is 0 Å². The van der Waals surface area contributed by atoms with Crippen molar-refractivity contribution in [2.24, 2.45) is 4.40 Å². The molecule has 26 heavy (non-hydrogen) atoms. The van der Waals surface area contributed by atoms with Crippen molar-refractivity contribution in [3.05, 3.63) is 63.7 Å². The summed E-state index contributed by atoms with van der Waals surface area (Å²) in [4.78, 5) is 0.865. The van der Waals surface area contributed by atoms with E-state index in [1.165, 1.54) is 5.56 Å². The number of hydrogen-bond acceptors (Lipinski definition) is 1. The summed E-state index contributed by atoms with van der Waals surface area (Å²) < 4.78 is 17.5. The lowest BCUT2D eigenvalue weighted by Crippen LogP contribution is -2.07. The van der Waals surface area contributed by atoms with E-state index in [0.717, 1.165) is 21.6 Å². The van der Waals surface area contributed by atoms with Crippen LogP contribution in [0.1, 0.15) is 81.5 Å². The lowest BCUT2D eigenvalue weighted by molar-refractivity contribution is 0.677. The fraction of sp³-hybridized carbons (Fsp3) is 0.409. The van der Waals surface area contributed by atoms with Crippen LogP contribution in [0.25, 0.3) is 0 Å². The number of hydrogen-bond donors (Lipinski definition) is 0. The second-order valence-electron chi connectivity index (χ2n) is 7.53. The van der Waals surface area contributed by atoms with Crippen LogP contribution in [0.5, 0.6) is 0 Å². The van der Waals surface area contributed by atoms with Crippen LogP contribution in [0.4, 0.5) is 0 Å². The van der Waals surface area contributed by atoms with Crippen molar-refractivity contribution in [1.29, 1.82) is 0 Å². The van der Waals surface area contributed by atoms with E-state index >= 15 is 0 Å². The Morgan fingerprint density at radius 2 is 1.38 bits per heavy atom. The highest BCUT2D eigenvalue weighted by molar-refractivity contribution is 7.84. The maximum atomic E-state index is 13.1. The van der Waals surface area contributed by atoms with Crippen molar-refractivity contribution >= 4 is 28.8 Å². The van der Waals surface area contributed by atoms with Crippen molar-refractivity contribution in [1.82, 2.24) is 0 Å². The first-order valence-corrected chi connectivity index (χ1v) is 10.6. The number of nitrogens with zero attached hydrogens (tertiary/aromatic N) is 1. The summed E-state index contributed by atoms with van der Waals surface area (Å²) in [5.41, 5.74) is 4.44. The fourth-order valence-electron chi connectivity index (χ4n) is 2.80. The van der Waals surface area contributed by atoms with Crippen molar-refractivity contribution in [3.8, 4) is 0 Å². The van der Waals surface area contributed by atoms with Crippen LogP contribution in [0, 0.1) is 0 Å². The first-order chi connectivity index (χ1) is 12.2. The number of benzene rings is 2. The molecule has 0 amide bonds. The Morgan fingerprint density at radius 3 is 1.81 bits per heavy atom. The van der Waals surface area contributed by atoms with Crippen molar-refractivity contribution in [2.75, 3.05) is 0 Å². The van der Waals surface area contributed by atoms with E-state index in [9.17, 15) is 4.21 Å². The molecule has 0 fully saturated rings. The van der Waals surface area contributed by atoms with Crippen molar-refractivity contribution in [2.45, 2.75) is 64.2 Å². The normalized spacial score (nSPS) is 13.3. The minimum atomic E-state index is -1.44. The second-order valence-corrected chi connectivity index (χ2v) is 9.08. The molecule has 0 unspecified atom stereocenters. The minimum Gasteiger partial charge on any atom is -0.229 e. The van der Waals surface area contributed by atoms with Gasteiger partial charge in [0.05, 0.1) is 4.90 Å². The van der Waals surface area contributed by atoms with Gasteiger partial charge in [0.1, 0.15) is 0 Å². The highest BCUT2D eigenvalue weighted by atomic mass is 35.5. The van der Waals surface area contributed by atoms with Crippen LogP contribution in [-0.2, 0) is 11.0 Å². The minimum absolute atomic E-state index is 0.288. The smallest absolute Gasteiger partial charge is 0.173 e. The molecule has 0 aliphatic rings. The Labute approximate surface area is 165 Å². The van der Waals surface area contributed by atoms with E-state index in [2.05, 4.69) is 58.1 Å². The summed E-state index contributed by atoms with van der Waals surface area (Å²) in [5.74, 6) is 1.01. The molecular formula is C22H28ClNOS. The summed E-state index contributed by atoms with van der Waals surface area (Å²) in [5, 5.41) is 0.678. The van der Waals surface area contributed by atoms with Gasteiger partial charge in [-0.1, -0.05) is 77.4 Å². The van der Waals surface area contributed by atoms with Gasteiger partial charge >= 0.3 is 0 Å². The molecule has 0 aromatic heterocycles. The topological polar surface area (TPSA) is 29.4 Å². The van der Waals surface area contributed by atoms with Gasteiger partial charge in [0.15, 0.2) is 11.0 Å². The van der Waals surface area contributed by atoms with Gasteiger partial charge in [0.25, 0.3) is 0 Å². The molecule has 4 heteroatoms. The van der Waals surface area contributed by atoms with E-state index in [-0.39, 0.29) is 11.8 Å². The quantitative estimate of drug-likeness (QED) is 0.496. The molecular weight excluding hydrogens is 362 g/mol. The third-order valence-electron chi connectivity index (χ3n) is 4.42. The third kappa shape index (κ3) is 5.05. The maximum Gasteiger partial charge on any atom is 0.173 e. The zero-order valence-corrected chi connectivity index (χ0v) is 18.0. The molecule has 0 radical (unpaired) electrons. The van der Waals surface area contributed by atoms with Gasteiger partial charge in [-0.3, -0.25) is 0 Å². The second kappa shape index (κ2) is 8.96. The third-order valence-corrected chi connectivity index (χ3v) is 5.79. The standard InChI is InChI=1S/C22H28ClNOS/c1-14(2)18-11-20(15(3)4)22(21(12-18)16(5)6)26(25)24-13-17-7-9-19(23)10-8-17/h7-16H,1-6H3/b24-13+/t26-/m1/s1. The zero-order valence-electron chi connectivity index (χ0n) is 16.4. The lowest BCUT2D eigenvalue weighted by atomic mass is 9.89. The molecule has 2 rings (SSSR count). The van der Waals surface area contributed by atoms with Gasteiger partial charge in [-0.2, -0.15) is 4.40 Å². The van der Waals surface area contributed by atoms with Crippen LogP contribution in [-0.4, -0.2) is 10.4 Å². The number of rotatable bonds is 6.